The zero-order valence-corrected chi connectivity index (χ0v) is 13.9. The van der Waals surface area contributed by atoms with Gasteiger partial charge in [0.25, 0.3) is 5.91 Å². The molecule has 1 N–H and O–H groups in total. The van der Waals surface area contributed by atoms with E-state index in [9.17, 15) is 9.59 Å². The summed E-state index contributed by atoms with van der Waals surface area (Å²) in [7, 11) is 0. The van der Waals surface area contributed by atoms with Crippen molar-refractivity contribution in [3.8, 4) is 6.07 Å². The number of carbonyl (C=O) groups is 1. The average molecular weight is 348 g/mol. The molecule has 26 heavy (non-hydrogen) atoms. The van der Waals surface area contributed by atoms with E-state index in [1.54, 1.807) is 39.9 Å². The first kappa shape index (κ1) is 16.0. The standard InChI is InChI=1S/C18H16N6O2/c19-9-12-1-3-13(4-2-12)17(25)23-7-5-14(6-8-23)24-16-15(22-18(24)26)10-20-11-21-16/h1-4,10-11,14H,5-8H2,(H,22,26). The summed E-state index contributed by atoms with van der Waals surface area (Å²) in [6.07, 6.45) is 4.37. The van der Waals surface area contributed by atoms with Crippen LogP contribution in [0, 0.1) is 11.3 Å². The maximum Gasteiger partial charge on any atom is 0.327 e. The Balaban J connectivity index is 1.50. The largest absolute Gasteiger partial charge is 0.338 e. The van der Waals surface area contributed by atoms with Crippen molar-refractivity contribution in [1.29, 1.82) is 5.26 Å². The van der Waals surface area contributed by atoms with Gasteiger partial charge in [0.1, 0.15) is 11.8 Å². The number of nitrogens with zero attached hydrogens (tertiary/aromatic N) is 5. The highest BCUT2D eigenvalue weighted by atomic mass is 16.2. The van der Waals surface area contributed by atoms with Crippen LogP contribution in [0.1, 0.15) is 34.8 Å². The van der Waals surface area contributed by atoms with Gasteiger partial charge in [0.05, 0.1) is 17.8 Å². The van der Waals surface area contributed by atoms with E-state index >= 15 is 0 Å². The third kappa shape index (κ3) is 2.73. The minimum absolute atomic E-state index is 0.00355. The minimum atomic E-state index is -0.197. The second kappa shape index (κ2) is 6.44. The lowest BCUT2D eigenvalue weighted by Gasteiger charge is -2.32. The minimum Gasteiger partial charge on any atom is -0.338 e. The molecule has 0 radical (unpaired) electrons. The number of H-pyrrole nitrogens is 1. The van der Waals surface area contributed by atoms with E-state index in [-0.39, 0.29) is 17.6 Å². The van der Waals surface area contributed by atoms with Gasteiger partial charge in [-0.05, 0) is 37.1 Å². The monoisotopic (exact) mass is 348 g/mol. The molecule has 1 aliphatic rings. The molecule has 3 heterocycles. The molecular weight excluding hydrogens is 332 g/mol. The van der Waals surface area contributed by atoms with Crippen LogP contribution >= 0.6 is 0 Å². The number of imidazole rings is 1. The van der Waals surface area contributed by atoms with E-state index < -0.39 is 0 Å². The second-order valence-electron chi connectivity index (χ2n) is 6.27. The molecule has 0 unspecified atom stereocenters. The highest BCUT2D eigenvalue weighted by Crippen LogP contribution is 2.24. The van der Waals surface area contributed by atoms with Crippen molar-refractivity contribution in [1.82, 2.24) is 24.4 Å². The Morgan fingerprint density at radius 1 is 1.23 bits per heavy atom. The summed E-state index contributed by atoms with van der Waals surface area (Å²) >= 11 is 0. The molecular formula is C18H16N6O2. The van der Waals surface area contributed by atoms with E-state index in [0.29, 0.717) is 48.2 Å². The van der Waals surface area contributed by atoms with Gasteiger partial charge in [0, 0.05) is 24.7 Å². The van der Waals surface area contributed by atoms with Gasteiger partial charge >= 0.3 is 5.69 Å². The number of hydrogen-bond acceptors (Lipinski definition) is 5. The number of likely N-dealkylation sites (tertiary alicyclic amines) is 1. The zero-order valence-electron chi connectivity index (χ0n) is 13.9. The number of amides is 1. The van der Waals surface area contributed by atoms with Crippen LogP contribution in [0.5, 0.6) is 0 Å². The molecule has 0 saturated carbocycles. The fraction of sp³-hybridized carbons (Fsp3) is 0.278. The molecule has 130 valence electrons. The summed E-state index contributed by atoms with van der Waals surface area (Å²) in [5.41, 5.74) is 2.12. The summed E-state index contributed by atoms with van der Waals surface area (Å²) in [5, 5.41) is 8.85. The van der Waals surface area contributed by atoms with Crippen LogP contribution in [0.3, 0.4) is 0 Å². The SMILES string of the molecule is N#Cc1ccc(C(=O)N2CCC(n3c(=O)[nH]c4cncnc43)CC2)cc1. The number of aromatic nitrogens is 4. The summed E-state index contributed by atoms with van der Waals surface area (Å²) in [4.78, 5) is 37.6. The van der Waals surface area contributed by atoms with E-state index in [0.717, 1.165) is 0 Å². The van der Waals surface area contributed by atoms with Gasteiger partial charge in [-0.15, -0.1) is 0 Å². The molecule has 1 aromatic carbocycles. The lowest BCUT2D eigenvalue weighted by atomic mass is 10.0. The van der Waals surface area contributed by atoms with Crippen molar-refractivity contribution in [2.75, 3.05) is 13.1 Å². The maximum atomic E-state index is 12.6. The Kier molecular flexibility index (Phi) is 3.97. The number of nitrogens with one attached hydrogen (secondary N) is 1. The van der Waals surface area contributed by atoms with Gasteiger partial charge in [-0.2, -0.15) is 5.26 Å². The molecule has 1 fully saturated rings. The van der Waals surface area contributed by atoms with Crippen molar-refractivity contribution in [2.24, 2.45) is 0 Å². The number of aromatic amines is 1. The molecule has 8 nitrogen and oxygen atoms in total. The number of carbonyl (C=O) groups excluding carboxylic acids is 1. The van der Waals surface area contributed by atoms with Gasteiger partial charge in [0.15, 0.2) is 5.65 Å². The van der Waals surface area contributed by atoms with Crippen molar-refractivity contribution in [3.05, 3.63) is 58.4 Å². The molecule has 1 amide bonds. The van der Waals surface area contributed by atoms with Crippen molar-refractivity contribution in [3.63, 3.8) is 0 Å². The normalized spacial score (nSPS) is 15.1. The van der Waals surface area contributed by atoms with Crippen LogP contribution < -0.4 is 5.69 Å². The number of fused-ring (bicyclic) bond motifs is 1. The van der Waals surface area contributed by atoms with E-state index in [1.807, 2.05) is 6.07 Å². The number of benzene rings is 1. The van der Waals surface area contributed by atoms with Crippen LogP contribution in [0.4, 0.5) is 0 Å². The third-order valence-electron chi connectivity index (χ3n) is 4.76. The number of nitriles is 1. The number of hydrogen-bond donors (Lipinski definition) is 1. The van der Waals surface area contributed by atoms with E-state index in [1.165, 1.54) is 6.33 Å². The molecule has 8 heteroatoms. The smallest absolute Gasteiger partial charge is 0.327 e. The fourth-order valence-electron chi connectivity index (χ4n) is 3.41. The van der Waals surface area contributed by atoms with E-state index in [4.69, 9.17) is 5.26 Å². The highest BCUT2D eigenvalue weighted by Gasteiger charge is 2.27. The Hall–Kier alpha value is -3.47. The molecule has 2 aromatic heterocycles. The lowest BCUT2D eigenvalue weighted by molar-refractivity contribution is 0.0695. The first-order valence-electron chi connectivity index (χ1n) is 8.37. The second-order valence-corrected chi connectivity index (χ2v) is 6.27. The van der Waals surface area contributed by atoms with Crippen LogP contribution in [0.25, 0.3) is 11.2 Å². The molecule has 1 saturated heterocycles. The van der Waals surface area contributed by atoms with Crippen LogP contribution in [-0.2, 0) is 0 Å². The topological polar surface area (TPSA) is 108 Å². The molecule has 0 aliphatic carbocycles. The number of piperidine rings is 1. The van der Waals surface area contributed by atoms with Gasteiger partial charge in [0.2, 0.25) is 0 Å². The molecule has 3 aromatic rings. The predicted octanol–water partition coefficient (Wildman–Crippen LogP) is 1.47. The summed E-state index contributed by atoms with van der Waals surface area (Å²) in [5.74, 6) is -0.0541. The molecule has 0 atom stereocenters. The summed E-state index contributed by atoms with van der Waals surface area (Å²) in [6.45, 7) is 1.13. The zero-order chi connectivity index (χ0) is 18.1. The van der Waals surface area contributed by atoms with Crippen LogP contribution in [0.2, 0.25) is 0 Å². The van der Waals surface area contributed by atoms with Crippen molar-refractivity contribution in [2.45, 2.75) is 18.9 Å². The Morgan fingerprint density at radius 3 is 2.65 bits per heavy atom. The Labute approximate surface area is 148 Å². The molecule has 4 rings (SSSR count). The summed E-state index contributed by atoms with van der Waals surface area (Å²) in [6, 6.07) is 8.68. The maximum absolute atomic E-state index is 12.6. The lowest BCUT2D eigenvalue weighted by Crippen LogP contribution is -2.40. The van der Waals surface area contributed by atoms with Gasteiger partial charge in [-0.3, -0.25) is 9.36 Å². The molecule has 0 spiro atoms. The van der Waals surface area contributed by atoms with E-state index in [2.05, 4.69) is 15.0 Å². The average Bonchev–Trinajstić information content (AvgIpc) is 3.03. The first-order chi connectivity index (χ1) is 12.7. The van der Waals surface area contributed by atoms with Gasteiger partial charge in [-0.1, -0.05) is 0 Å². The molecule has 0 bridgehead atoms. The van der Waals surface area contributed by atoms with Crippen LogP contribution in [-0.4, -0.2) is 43.4 Å². The highest BCUT2D eigenvalue weighted by molar-refractivity contribution is 5.94. The molecule has 1 aliphatic heterocycles. The Bertz CT molecular complexity index is 1050. The van der Waals surface area contributed by atoms with Gasteiger partial charge in [-0.25, -0.2) is 14.8 Å². The first-order valence-corrected chi connectivity index (χ1v) is 8.37. The quantitative estimate of drug-likeness (QED) is 0.754. The van der Waals surface area contributed by atoms with Crippen molar-refractivity contribution < 1.29 is 4.79 Å². The predicted molar refractivity (Wildman–Crippen MR) is 93.5 cm³/mol. The Morgan fingerprint density at radius 2 is 1.96 bits per heavy atom. The van der Waals surface area contributed by atoms with Crippen molar-refractivity contribution >= 4 is 17.1 Å². The van der Waals surface area contributed by atoms with Gasteiger partial charge < -0.3 is 9.88 Å². The van der Waals surface area contributed by atoms with Crippen LogP contribution in [0.15, 0.2) is 41.6 Å². The summed E-state index contributed by atoms with van der Waals surface area (Å²) < 4.78 is 1.67. The number of rotatable bonds is 2. The third-order valence-corrected chi connectivity index (χ3v) is 4.76. The fourth-order valence-corrected chi connectivity index (χ4v) is 3.41.